The van der Waals surface area contributed by atoms with Gasteiger partial charge in [0.2, 0.25) is 0 Å². The van der Waals surface area contributed by atoms with Gasteiger partial charge in [0, 0.05) is 17.6 Å². The molecule has 2 aromatic heterocycles. The Kier molecular flexibility index (Phi) is 3.49. The van der Waals surface area contributed by atoms with Gasteiger partial charge in [0.1, 0.15) is 5.15 Å². The average Bonchev–Trinajstić information content (AvgIpc) is 2.57. The maximum atomic E-state index is 6.05. The Morgan fingerprint density at radius 3 is 3.00 bits per heavy atom. The van der Waals surface area contributed by atoms with Gasteiger partial charge in [-0.2, -0.15) is 5.10 Å². The summed E-state index contributed by atoms with van der Waals surface area (Å²) in [5, 5.41) is 4.67. The van der Waals surface area contributed by atoms with Crippen LogP contribution in [-0.4, -0.2) is 20.5 Å². The highest BCUT2D eigenvalue weighted by molar-refractivity contribution is 9.10. The molecule has 80 valence electrons. The lowest BCUT2D eigenvalue weighted by Gasteiger charge is -2.03. The number of rotatable bonds is 3. The molecular weight excluding hydrogens is 301 g/mol. The van der Waals surface area contributed by atoms with Crippen LogP contribution in [-0.2, 0) is 6.42 Å². The summed E-state index contributed by atoms with van der Waals surface area (Å²) in [7, 11) is 0. The van der Waals surface area contributed by atoms with Crippen molar-refractivity contribution in [2.45, 2.75) is 12.8 Å². The first-order valence-electron chi connectivity index (χ1n) is 4.46. The van der Waals surface area contributed by atoms with Crippen LogP contribution in [0.5, 0.6) is 0 Å². The van der Waals surface area contributed by atoms with Gasteiger partial charge in [-0.15, -0.1) is 11.6 Å². The minimum absolute atomic E-state index is 0.522. The van der Waals surface area contributed by atoms with Crippen LogP contribution in [0.2, 0.25) is 5.15 Å². The van der Waals surface area contributed by atoms with Crippen LogP contribution in [0.4, 0.5) is 0 Å². The summed E-state index contributed by atoms with van der Waals surface area (Å²) in [5.41, 5.74) is 1.70. The van der Waals surface area contributed by atoms with E-state index in [4.69, 9.17) is 23.2 Å². The highest BCUT2D eigenvalue weighted by Crippen LogP contribution is 2.21. The van der Waals surface area contributed by atoms with Crippen molar-refractivity contribution in [1.82, 2.24) is 14.6 Å². The molecule has 0 atom stereocenters. The van der Waals surface area contributed by atoms with Crippen LogP contribution in [0.25, 0.3) is 5.65 Å². The van der Waals surface area contributed by atoms with Gasteiger partial charge in [-0.3, -0.25) is 0 Å². The fourth-order valence-corrected chi connectivity index (χ4v) is 2.04. The zero-order valence-electron chi connectivity index (χ0n) is 7.75. The maximum Gasteiger partial charge on any atom is 0.170 e. The predicted octanol–water partition coefficient (Wildman–Crippen LogP) is 3.32. The van der Waals surface area contributed by atoms with Gasteiger partial charge in [0.15, 0.2) is 5.65 Å². The van der Waals surface area contributed by atoms with E-state index < -0.39 is 0 Å². The van der Waals surface area contributed by atoms with Crippen molar-refractivity contribution >= 4 is 44.8 Å². The summed E-state index contributed by atoms with van der Waals surface area (Å²) in [5.74, 6) is 0.622. The Morgan fingerprint density at radius 1 is 1.47 bits per heavy atom. The molecule has 0 N–H and O–H groups in total. The van der Waals surface area contributed by atoms with Gasteiger partial charge in [0.25, 0.3) is 0 Å². The van der Waals surface area contributed by atoms with E-state index in [2.05, 4.69) is 26.0 Å². The van der Waals surface area contributed by atoms with E-state index in [9.17, 15) is 0 Å². The number of fused-ring (bicyclic) bond motifs is 1. The summed E-state index contributed by atoms with van der Waals surface area (Å²) in [6.07, 6.45) is 5.30. The number of aryl methyl sites for hydroxylation is 1. The van der Waals surface area contributed by atoms with Crippen molar-refractivity contribution in [1.29, 1.82) is 0 Å². The molecule has 0 unspecified atom stereocenters. The quantitative estimate of drug-likeness (QED) is 0.643. The molecule has 0 bridgehead atoms. The molecule has 6 heteroatoms. The highest BCUT2D eigenvalue weighted by Gasteiger charge is 2.08. The van der Waals surface area contributed by atoms with Crippen molar-refractivity contribution in [3.8, 4) is 0 Å². The van der Waals surface area contributed by atoms with Gasteiger partial charge in [-0.25, -0.2) is 9.50 Å². The number of halogens is 3. The number of alkyl halides is 1. The third-order valence-corrected chi connectivity index (χ3v) is 3.21. The van der Waals surface area contributed by atoms with E-state index in [-0.39, 0.29) is 0 Å². The molecule has 0 amide bonds. The fraction of sp³-hybridized carbons (Fsp3) is 0.333. The van der Waals surface area contributed by atoms with E-state index in [0.717, 1.165) is 28.5 Å². The molecule has 3 nitrogen and oxygen atoms in total. The average molecular weight is 309 g/mol. The second-order valence-electron chi connectivity index (χ2n) is 3.11. The molecule has 0 aliphatic rings. The number of hydrogen-bond acceptors (Lipinski definition) is 2. The minimum atomic E-state index is 0.522. The van der Waals surface area contributed by atoms with E-state index in [1.807, 2.05) is 6.20 Å². The SMILES string of the molecule is ClCCCc1cn2ncc(Br)c2nc1Cl. The molecular formula is C9H8BrCl2N3. The molecule has 0 radical (unpaired) electrons. The van der Waals surface area contributed by atoms with Crippen LogP contribution in [0.1, 0.15) is 12.0 Å². The summed E-state index contributed by atoms with van der Waals surface area (Å²) in [6, 6.07) is 0. The van der Waals surface area contributed by atoms with Crippen LogP contribution in [0.15, 0.2) is 16.9 Å². The zero-order chi connectivity index (χ0) is 10.8. The Balaban J connectivity index is 2.44. The van der Waals surface area contributed by atoms with Crippen molar-refractivity contribution in [2.75, 3.05) is 5.88 Å². The zero-order valence-corrected chi connectivity index (χ0v) is 10.8. The first-order chi connectivity index (χ1) is 7.22. The van der Waals surface area contributed by atoms with E-state index >= 15 is 0 Å². The van der Waals surface area contributed by atoms with Crippen LogP contribution >= 0.6 is 39.1 Å². The lowest BCUT2D eigenvalue weighted by atomic mass is 10.2. The highest BCUT2D eigenvalue weighted by atomic mass is 79.9. The molecule has 0 saturated carbocycles. The van der Waals surface area contributed by atoms with Crippen LogP contribution in [0, 0.1) is 0 Å². The predicted molar refractivity (Wildman–Crippen MR) is 64.7 cm³/mol. The van der Waals surface area contributed by atoms with Gasteiger partial charge in [-0.1, -0.05) is 11.6 Å². The number of nitrogens with zero attached hydrogens (tertiary/aromatic N) is 3. The van der Waals surface area contributed by atoms with Gasteiger partial charge in [0.05, 0.1) is 10.7 Å². The molecule has 0 spiro atoms. The second-order valence-corrected chi connectivity index (χ2v) is 4.70. The number of hydrogen-bond donors (Lipinski definition) is 0. The Bertz CT molecular complexity index is 483. The Morgan fingerprint density at radius 2 is 2.27 bits per heavy atom. The minimum Gasteiger partial charge on any atom is -0.221 e. The van der Waals surface area contributed by atoms with Crippen molar-refractivity contribution in [3.63, 3.8) is 0 Å². The molecule has 0 fully saturated rings. The van der Waals surface area contributed by atoms with E-state index in [1.165, 1.54) is 0 Å². The smallest absolute Gasteiger partial charge is 0.170 e. The Hall–Kier alpha value is -0.320. The molecule has 2 aromatic rings. The topological polar surface area (TPSA) is 30.2 Å². The third-order valence-electron chi connectivity index (χ3n) is 2.05. The van der Waals surface area contributed by atoms with E-state index in [1.54, 1.807) is 10.7 Å². The van der Waals surface area contributed by atoms with Crippen LogP contribution < -0.4 is 0 Å². The number of aromatic nitrogens is 3. The van der Waals surface area contributed by atoms with E-state index in [0.29, 0.717) is 11.0 Å². The molecule has 0 saturated heterocycles. The molecule has 0 aliphatic heterocycles. The normalized spacial score (nSPS) is 11.1. The first-order valence-corrected chi connectivity index (χ1v) is 6.17. The first kappa shape index (κ1) is 11.2. The third kappa shape index (κ3) is 2.27. The lowest BCUT2D eigenvalue weighted by molar-refractivity contribution is 0.867. The Labute approximate surface area is 106 Å². The van der Waals surface area contributed by atoms with Crippen molar-refractivity contribution in [2.24, 2.45) is 0 Å². The lowest BCUT2D eigenvalue weighted by Crippen LogP contribution is -1.97. The summed E-state index contributed by atoms with van der Waals surface area (Å²) < 4.78 is 2.55. The molecule has 2 heterocycles. The van der Waals surface area contributed by atoms with Gasteiger partial charge in [-0.05, 0) is 28.8 Å². The van der Waals surface area contributed by atoms with Crippen molar-refractivity contribution in [3.05, 3.63) is 27.6 Å². The monoisotopic (exact) mass is 307 g/mol. The van der Waals surface area contributed by atoms with Crippen molar-refractivity contribution < 1.29 is 0 Å². The second kappa shape index (κ2) is 4.68. The maximum absolute atomic E-state index is 6.05. The standard InChI is InChI=1S/C9H8BrCl2N3/c10-7-4-13-15-5-6(2-1-3-11)8(12)14-9(7)15/h4-5H,1-3H2. The summed E-state index contributed by atoms with van der Waals surface area (Å²) in [4.78, 5) is 4.26. The van der Waals surface area contributed by atoms with Gasteiger partial charge >= 0.3 is 0 Å². The molecule has 0 aromatic carbocycles. The largest absolute Gasteiger partial charge is 0.221 e. The summed E-state index contributed by atoms with van der Waals surface area (Å²) >= 11 is 15.0. The molecule has 0 aliphatic carbocycles. The molecule has 15 heavy (non-hydrogen) atoms. The van der Waals surface area contributed by atoms with Crippen LogP contribution in [0.3, 0.4) is 0 Å². The molecule has 2 rings (SSSR count). The van der Waals surface area contributed by atoms with Gasteiger partial charge < -0.3 is 0 Å². The summed E-state index contributed by atoms with van der Waals surface area (Å²) in [6.45, 7) is 0. The fourth-order valence-electron chi connectivity index (χ4n) is 1.32.